The minimum Gasteiger partial charge on any atom is -0.364 e. The largest absolute Gasteiger partial charge is 0.364 e. The normalized spacial score (nSPS) is 19.5. The molecule has 0 N–H and O–H groups in total. The third-order valence-electron chi connectivity index (χ3n) is 3.81. The first-order valence-corrected chi connectivity index (χ1v) is 6.41. The summed E-state index contributed by atoms with van der Waals surface area (Å²) in [7, 11) is 0. The summed E-state index contributed by atoms with van der Waals surface area (Å²) in [4.78, 5) is 14.3. The zero-order valence-corrected chi connectivity index (χ0v) is 11.0. The lowest BCUT2D eigenvalue weighted by Crippen LogP contribution is -2.45. The third-order valence-corrected chi connectivity index (χ3v) is 3.81. The van der Waals surface area contributed by atoms with Crippen LogP contribution >= 0.6 is 0 Å². The predicted molar refractivity (Wildman–Crippen MR) is 71.4 cm³/mol. The number of carbonyl (C=O) groups is 1. The fourth-order valence-corrected chi connectivity index (χ4v) is 2.34. The molecule has 0 aliphatic carbocycles. The number of anilines is 1. The highest BCUT2D eigenvalue weighted by molar-refractivity contribution is 5.89. The van der Waals surface area contributed by atoms with Gasteiger partial charge in [-0.15, -0.1) is 0 Å². The van der Waals surface area contributed by atoms with Crippen LogP contribution in [0.15, 0.2) is 24.3 Å². The molecule has 0 bridgehead atoms. The summed E-state index contributed by atoms with van der Waals surface area (Å²) in [6.45, 7) is 7.81. The van der Waals surface area contributed by atoms with Crippen molar-refractivity contribution in [3.8, 4) is 0 Å². The number of carbonyl (C=O) groups excluding carboxylic acids is 1. The summed E-state index contributed by atoms with van der Waals surface area (Å²) in [5, 5.41) is 0. The highest BCUT2D eigenvalue weighted by Gasteiger charge is 2.34. The van der Waals surface area contributed by atoms with Gasteiger partial charge in [-0.05, 0) is 24.5 Å². The topological polar surface area (TPSA) is 20.3 Å². The molecule has 17 heavy (non-hydrogen) atoms. The van der Waals surface area contributed by atoms with Crippen LogP contribution in [0.3, 0.4) is 0 Å². The van der Waals surface area contributed by atoms with E-state index in [0.29, 0.717) is 12.3 Å². The summed E-state index contributed by atoms with van der Waals surface area (Å²) < 4.78 is 0. The second-order valence-corrected chi connectivity index (χ2v) is 5.46. The van der Waals surface area contributed by atoms with Crippen molar-refractivity contribution in [3.63, 3.8) is 0 Å². The Hall–Kier alpha value is -1.31. The number of hydrogen-bond donors (Lipinski definition) is 0. The van der Waals surface area contributed by atoms with E-state index >= 15 is 0 Å². The molecule has 1 aromatic rings. The number of benzene rings is 1. The first-order chi connectivity index (χ1) is 8.04. The average molecular weight is 231 g/mol. The number of aryl methyl sites for hydroxylation is 1. The molecule has 0 atom stereocenters. The fourth-order valence-electron chi connectivity index (χ4n) is 2.34. The molecule has 0 saturated carbocycles. The fraction of sp³-hybridized carbons (Fsp3) is 0.533. The van der Waals surface area contributed by atoms with Gasteiger partial charge >= 0.3 is 0 Å². The highest BCUT2D eigenvalue weighted by Crippen LogP contribution is 2.31. The van der Waals surface area contributed by atoms with E-state index in [9.17, 15) is 4.79 Å². The van der Waals surface area contributed by atoms with E-state index < -0.39 is 0 Å². The molecule has 1 heterocycles. The molecule has 2 nitrogen and oxygen atoms in total. The van der Waals surface area contributed by atoms with Gasteiger partial charge in [-0.1, -0.05) is 39.0 Å². The Kier molecular flexibility index (Phi) is 3.23. The van der Waals surface area contributed by atoms with E-state index in [-0.39, 0.29) is 5.41 Å². The van der Waals surface area contributed by atoms with Gasteiger partial charge in [-0.2, -0.15) is 0 Å². The van der Waals surface area contributed by atoms with Crippen molar-refractivity contribution in [1.29, 1.82) is 0 Å². The summed E-state index contributed by atoms with van der Waals surface area (Å²) in [5.41, 5.74) is 2.43. The maximum Gasteiger partial charge on any atom is 0.157 e. The molecule has 1 aliphatic rings. The molecule has 1 aromatic carbocycles. The second kappa shape index (κ2) is 4.52. The Morgan fingerprint density at radius 2 is 2.00 bits per heavy atom. The predicted octanol–water partition coefficient (Wildman–Crippen LogP) is 3.05. The molecule has 0 unspecified atom stereocenters. The standard InChI is InChI=1S/C15H21NO/c1-4-12-7-5-6-8-13(12)16-10-9-15(2,3)14(17)11-16/h5-8H,4,9-11H2,1-3H3. The smallest absolute Gasteiger partial charge is 0.157 e. The van der Waals surface area contributed by atoms with Crippen molar-refractivity contribution in [2.24, 2.45) is 5.41 Å². The molecule has 0 radical (unpaired) electrons. The van der Waals surface area contributed by atoms with Crippen molar-refractivity contribution >= 4 is 11.5 Å². The van der Waals surface area contributed by atoms with Crippen LogP contribution in [0, 0.1) is 5.41 Å². The van der Waals surface area contributed by atoms with Gasteiger partial charge in [0.05, 0.1) is 6.54 Å². The highest BCUT2D eigenvalue weighted by atomic mass is 16.1. The number of piperidine rings is 1. The zero-order valence-electron chi connectivity index (χ0n) is 11.0. The van der Waals surface area contributed by atoms with Gasteiger partial charge in [0.25, 0.3) is 0 Å². The summed E-state index contributed by atoms with van der Waals surface area (Å²) in [6.07, 6.45) is 1.97. The maximum atomic E-state index is 12.1. The van der Waals surface area contributed by atoms with Crippen LogP contribution in [-0.2, 0) is 11.2 Å². The average Bonchev–Trinajstić information content (AvgIpc) is 2.33. The summed E-state index contributed by atoms with van der Waals surface area (Å²) in [5.74, 6) is 0.356. The molecular formula is C15H21NO. The van der Waals surface area contributed by atoms with Gasteiger partial charge in [0.1, 0.15) is 0 Å². The van der Waals surface area contributed by atoms with Crippen molar-refractivity contribution in [2.45, 2.75) is 33.6 Å². The number of Topliss-reactive ketones (excluding diaryl/α,β-unsaturated/α-hetero) is 1. The van der Waals surface area contributed by atoms with Crippen LogP contribution in [0.1, 0.15) is 32.8 Å². The molecule has 1 saturated heterocycles. The Balaban J connectivity index is 2.22. The Bertz CT molecular complexity index is 423. The zero-order chi connectivity index (χ0) is 12.5. The van der Waals surface area contributed by atoms with Crippen LogP contribution in [0.25, 0.3) is 0 Å². The van der Waals surface area contributed by atoms with E-state index in [1.54, 1.807) is 0 Å². The van der Waals surface area contributed by atoms with E-state index in [1.165, 1.54) is 11.3 Å². The number of ketones is 1. The van der Waals surface area contributed by atoms with Crippen molar-refractivity contribution in [1.82, 2.24) is 0 Å². The molecule has 1 aliphatic heterocycles. The minimum atomic E-state index is -0.141. The summed E-state index contributed by atoms with van der Waals surface area (Å²) in [6, 6.07) is 8.40. The maximum absolute atomic E-state index is 12.1. The van der Waals surface area contributed by atoms with E-state index in [1.807, 2.05) is 0 Å². The van der Waals surface area contributed by atoms with Crippen LogP contribution in [0.4, 0.5) is 5.69 Å². The monoisotopic (exact) mass is 231 g/mol. The van der Waals surface area contributed by atoms with Crippen molar-refractivity contribution < 1.29 is 4.79 Å². The van der Waals surface area contributed by atoms with Crippen molar-refractivity contribution in [3.05, 3.63) is 29.8 Å². The van der Waals surface area contributed by atoms with Gasteiger partial charge in [0, 0.05) is 17.6 Å². The molecule has 0 spiro atoms. The van der Waals surface area contributed by atoms with Crippen LogP contribution in [-0.4, -0.2) is 18.9 Å². The number of rotatable bonds is 2. The van der Waals surface area contributed by atoms with E-state index in [2.05, 4.69) is 49.9 Å². The van der Waals surface area contributed by atoms with Gasteiger partial charge in [0.2, 0.25) is 0 Å². The van der Waals surface area contributed by atoms with Crippen molar-refractivity contribution in [2.75, 3.05) is 18.0 Å². The lowest BCUT2D eigenvalue weighted by molar-refractivity contribution is -0.127. The third kappa shape index (κ3) is 2.36. The quantitative estimate of drug-likeness (QED) is 0.779. The second-order valence-electron chi connectivity index (χ2n) is 5.46. The molecule has 0 amide bonds. The van der Waals surface area contributed by atoms with Crippen LogP contribution < -0.4 is 4.90 Å². The van der Waals surface area contributed by atoms with Gasteiger partial charge in [-0.3, -0.25) is 4.79 Å². The molecule has 2 rings (SSSR count). The molecule has 92 valence electrons. The van der Waals surface area contributed by atoms with Gasteiger partial charge in [0.15, 0.2) is 5.78 Å². The minimum absolute atomic E-state index is 0.141. The SMILES string of the molecule is CCc1ccccc1N1CCC(C)(C)C(=O)C1. The molecule has 0 aromatic heterocycles. The van der Waals surface area contributed by atoms with Gasteiger partial charge in [-0.25, -0.2) is 0 Å². The molecule has 1 fully saturated rings. The van der Waals surface area contributed by atoms with E-state index in [4.69, 9.17) is 0 Å². The van der Waals surface area contributed by atoms with Crippen LogP contribution in [0.2, 0.25) is 0 Å². The molecular weight excluding hydrogens is 210 g/mol. The lowest BCUT2D eigenvalue weighted by Gasteiger charge is -2.37. The van der Waals surface area contributed by atoms with Crippen LogP contribution in [0.5, 0.6) is 0 Å². The number of hydrogen-bond acceptors (Lipinski definition) is 2. The molecule has 2 heteroatoms. The number of nitrogens with zero attached hydrogens (tertiary/aromatic N) is 1. The lowest BCUT2D eigenvalue weighted by atomic mass is 9.81. The first-order valence-electron chi connectivity index (χ1n) is 6.41. The number of para-hydroxylation sites is 1. The first kappa shape index (κ1) is 12.2. The Morgan fingerprint density at radius 3 is 2.65 bits per heavy atom. The summed E-state index contributed by atoms with van der Waals surface area (Å²) >= 11 is 0. The Morgan fingerprint density at radius 1 is 1.29 bits per heavy atom. The van der Waals surface area contributed by atoms with Gasteiger partial charge < -0.3 is 4.90 Å². The Labute approximate surface area is 104 Å². The van der Waals surface area contributed by atoms with E-state index in [0.717, 1.165) is 19.4 Å².